The molecule has 0 saturated heterocycles. The smallest absolute Gasteiger partial charge is 0.252 e. The van der Waals surface area contributed by atoms with Gasteiger partial charge in [-0.1, -0.05) is 15.9 Å². The molecule has 1 aromatic heterocycles. The summed E-state index contributed by atoms with van der Waals surface area (Å²) in [4.78, 5) is 14.8. The van der Waals surface area contributed by atoms with E-state index in [1.165, 1.54) is 13.3 Å². The van der Waals surface area contributed by atoms with E-state index in [1.807, 2.05) is 0 Å². The van der Waals surface area contributed by atoms with Crippen LogP contribution in [0, 0.1) is 0 Å². The van der Waals surface area contributed by atoms with Crippen LogP contribution in [0.15, 0.2) is 12.3 Å². The molecule has 0 fully saturated rings. The normalized spacial score (nSPS) is 12.4. The average molecular weight is 260 g/mol. The Labute approximate surface area is 89.6 Å². The molecule has 0 radical (unpaired) electrons. The molecule has 0 aliphatic heterocycles. The fourth-order valence-electron chi connectivity index (χ4n) is 0.949. The van der Waals surface area contributed by atoms with E-state index in [0.717, 1.165) is 0 Å². The maximum Gasteiger partial charge on any atom is 0.252 e. The number of carbonyl (C=O) groups excluding carboxylic acids is 1. The van der Waals surface area contributed by atoms with Crippen LogP contribution < -0.4 is 11.5 Å². The standard InChI is InChI=1S/C8H10BrN3O2/c1-14-6(9)4-2-5(8(11)13)7(10)12-3-4/h2-3,6H,1H3,(H2,10,12)(H2,11,13). The van der Waals surface area contributed by atoms with Crippen LogP contribution in [-0.2, 0) is 4.74 Å². The van der Waals surface area contributed by atoms with Gasteiger partial charge >= 0.3 is 0 Å². The number of rotatable bonds is 3. The Balaban J connectivity index is 3.12. The van der Waals surface area contributed by atoms with E-state index in [-0.39, 0.29) is 16.4 Å². The Kier molecular flexibility index (Phi) is 3.43. The second-order valence-electron chi connectivity index (χ2n) is 2.62. The zero-order valence-electron chi connectivity index (χ0n) is 7.53. The molecule has 0 spiro atoms. The van der Waals surface area contributed by atoms with Crippen molar-refractivity contribution in [2.75, 3.05) is 12.8 Å². The number of amides is 1. The molecule has 1 aromatic rings. The molecule has 76 valence electrons. The Hall–Kier alpha value is -1.14. The molecule has 0 aromatic carbocycles. The van der Waals surface area contributed by atoms with Gasteiger partial charge in [0.2, 0.25) is 0 Å². The number of ether oxygens (including phenoxy) is 1. The number of nitrogens with zero attached hydrogens (tertiary/aromatic N) is 1. The fourth-order valence-corrected chi connectivity index (χ4v) is 1.20. The Morgan fingerprint density at radius 2 is 2.36 bits per heavy atom. The van der Waals surface area contributed by atoms with Gasteiger partial charge in [-0.25, -0.2) is 4.98 Å². The summed E-state index contributed by atoms with van der Waals surface area (Å²) in [5, 5.41) is -0.325. The van der Waals surface area contributed by atoms with Crippen molar-refractivity contribution in [2.45, 2.75) is 5.01 Å². The van der Waals surface area contributed by atoms with E-state index in [1.54, 1.807) is 6.07 Å². The SMILES string of the molecule is COC(Br)c1cnc(N)c(C(N)=O)c1. The third-order valence-corrected chi connectivity index (χ3v) is 2.58. The molecule has 14 heavy (non-hydrogen) atoms. The predicted molar refractivity (Wildman–Crippen MR) is 55.8 cm³/mol. The summed E-state index contributed by atoms with van der Waals surface area (Å²) >= 11 is 3.24. The molecule has 1 heterocycles. The largest absolute Gasteiger partial charge is 0.383 e. The molecule has 0 aliphatic carbocycles. The second-order valence-corrected chi connectivity index (χ2v) is 3.45. The van der Waals surface area contributed by atoms with Crippen LogP contribution in [0.5, 0.6) is 0 Å². The van der Waals surface area contributed by atoms with Gasteiger partial charge in [-0.2, -0.15) is 0 Å². The van der Waals surface area contributed by atoms with E-state index in [4.69, 9.17) is 16.2 Å². The van der Waals surface area contributed by atoms with Gasteiger partial charge in [0.05, 0.1) is 5.56 Å². The molecule has 4 N–H and O–H groups in total. The van der Waals surface area contributed by atoms with Crippen LogP contribution in [0.3, 0.4) is 0 Å². The van der Waals surface area contributed by atoms with Gasteiger partial charge in [-0.05, 0) is 6.07 Å². The number of carbonyl (C=O) groups is 1. The monoisotopic (exact) mass is 259 g/mol. The van der Waals surface area contributed by atoms with E-state index in [0.29, 0.717) is 5.56 Å². The van der Waals surface area contributed by atoms with Crippen LogP contribution in [0.2, 0.25) is 0 Å². The summed E-state index contributed by atoms with van der Waals surface area (Å²) < 4.78 is 4.99. The van der Waals surface area contributed by atoms with Gasteiger partial charge in [0, 0.05) is 18.9 Å². The van der Waals surface area contributed by atoms with Crippen molar-refractivity contribution in [3.05, 3.63) is 23.4 Å². The van der Waals surface area contributed by atoms with Crippen molar-refractivity contribution in [1.82, 2.24) is 4.98 Å². The van der Waals surface area contributed by atoms with E-state index in [9.17, 15) is 4.79 Å². The summed E-state index contributed by atoms with van der Waals surface area (Å²) in [7, 11) is 1.53. The molecule has 5 nitrogen and oxygen atoms in total. The first kappa shape index (κ1) is 10.9. The van der Waals surface area contributed by atoms with Gasteiger partial charge in [0.25, 0.3) is 5.91 Å². The Morgan fingerprint density at radius 3 is 2.86 bits per heavy atom. The lowest BCUT2D eigenvalue weighted by molar-refractivity contribution is 0.100. The summed E-state index contributed by atoms with van der Waals surface area (Å²) in [6.45, 7) is 0. The van der Waals surface area contributed by atoms with Gasteiger partial charge in [0.15, 0.2) is 0 Å². The van der Waals surface area contributed by atoms with Crippen LogP contribution in [-0.4, -0.2) is 18.0 Å². The van der Waals surface area contributed by atoms with Crippen molar-refractivity contribution in [3.8, 4) is 0 Å². The van der Waals surface area contributed by atoms with Gasteiger partial charge in [-0.3, -0.25) is 4.79 Å². The van der Waals surface area contributed by atoms with Gasteiger partial charge < -0.3 is 16.2 Å². The molecule has 6 heteroatoms. The molecule has 1 atom stereocenters. The number of pyridine rings is 1. The molecular formula is C8H10BrN3O2. The zero-order chi connectivity index (χ0) is 10.7. The number of halogens is 1. The second kappa shape index (κ2) is 4.39. The number of anilines is 1. The maximum atomic E-state index is 10.9. The molecule has 1 unspecified atom stereocenters. The van der Waals surface area contributed by atoms with Crippen LogP contribution >= 0.6 is 15.9 Å². The first-order chi connectivity index (χ1) is 6.56. The summed E-state index contributed by atoms with van der Waals surface area (Å²) in [5.74, 6) is -0.482. The number of primary amides is 1. The van der Waals surface area contributed by atoms with E-state index in [2.05, 4.69) is 20.9 Å². The minimum Gasteiger partial charge on any atom is -0.383 e. The molecular weight excluding hydrogens is 250 g/mol. The minimum atomic E-state index is -0.604. The number of alkyl halides is 1. The number of aromatic nitrogens is 1. The molecule has 0 bridgehead atoms. The zero-order valence-corrected chi connectivity index (χ0v) is 9.11. The first-order valence-corrected chi connectivity index (χ1v) is 4.70. The van der Waals surface area contributed by atoms with E-state index < -0.39 is 5.91 Å². The minimum absolute atomic E-state index is 0.122. The van der Waals surface area contributed by atoms with Crippen molar-refractivity contribution in [2.24, 2.45) is 5.73 Å². The third-order valence-electron chi connectivity index (χ3n) is 1.67. The third kappa shape index (κ3) is 2.21. The number of nitrogen functional groups attached to an aromatic ring is 1. The lowest BCUT2D eigenvalue weighted by atomic mass is 10.2. The molecule has 1 rings (SSSR count). The Morgan fingerprint density at radius 1 is 1.71 bits per heavy atom. The van der Waals surface area contributed by atoms with Gasteiger partial charge in [0.1, 0.15) is 10.8 Å². The van der Waals surface area contributed by atoms with Crippen molar-refractivity contribution < 1.29 is 9.53 Å². The lowest BCUT2D eigenvalue weighted by Crippen LogP contribution is -2.15. The van der Waals surface area contributed by atoms with Crippen molar-refractivity contribution in [1.29, 1.82) is 0 Å². The fraction of sp³-hybridized carbons (Fsp3) is 0.250. The highest BCUT2D eigenvalue weighted by Gasteiger charge is 2.12. The number of hydrogen-bond acceptors (Lipinski definition) is 4. The predicted octanol–water partition coefficient (Wildman–Crippen LogP) is 0.803. The van der Waals surface area contributed by atoms with Crippen LogP contribution in [0.4, 0.5) is 5.82 Å². The number of hydrogen-bond donors (Lipinski definition) is 2. The van der Waals surface area contributed by atoms with E-state index >= 15 is 0 Å². The molecule has 0 aliphatic rings. The first-order valence-electron chi connectivity index (χ1n) is 3.78. The van der Waals surface area contributed by atoms with Crippen LogP contribution in [0.1, 0.15) is 20.9 Å². The highest BCUT2D eigenvalue weighted by Crippen LogP contribution is 2.24. The van der Waals surface area contributed by atoms with Gasteiger partial charge in [-0.15, -0.1) is 0 Å². The highest BCUT2D eigenvalue weighted by atomic mass is 79.9. The maximum absolute atomic E-state index is 10.9. The quantitative estimate of drug-likeness (QED) is 0.786. The Bertz CT molecular complexity index is 356. The lowest BCUT2D eigenvalue weighted by Gasteiger charge is -2.09. The summed E-state index contributed by atoms with van der Waals surface area (Å²) in [6, 6.07) is 1.55. The molecule has 1 amide bonds. The summed E-state index contributed by atoms with van der Waals surface area (Å²) in [6.07, 6.45) is 1.52. The number of nitrogens with two attached hydrogens (primary N) is 2. The summed E-state index contributed by atoms with van der Waals surface area (Å²) in [5.41, 5.74) is 11.5. The molecule has 0 saturated carbocycles. The van der Waals surface area contributed by atoms with Crippen molar-refractivity contribution >= 4 is 27.7 Å². The average Bonchev–Trinajstić information content (AvgIpc) is 2.17. The highest BCUT2D eigenvalue weighted by molar-refractivity contribution is 9.09. The number of methoxy groups -OCH3 is 1. The topological polar surface area (TPSA) is 91.2 Å². The van der Waals surface area contributed by atoms with Crippen LogP contribution in [0.25, 0.3) is 0 Å². The van der Waals surface area contributed by atoms with Crippen molar-refractivity contribution in [3.63, 3.8) is 0 Å².